The first-order chi connectivity index (χ1) is 11.8. The van der Waals surface area contributed by atoms with Gasteiger partial charge in [0.15, 0.2) is 0 Å². The molecule has 1 N–H and O–H groups in total. The number of hydrogen-bond donors (Lipinski definition) is 1. The Labute approximate surface area is 140 Å². The van der Waals surface area contributed by atoms with E-state index in [0.29, 0.717) is 18.3 Å². The highest BCUT2D eigenvalue weighted by Gasteiger charge is 2.28. The van der Waals surface area contributed by atoms with Gasteiger partial charge in [-0.25, -0.2) is 4.98 Å². The fourth-order valence-electron chi connectivity index (χ4n) is 3.09. The smallest absolute Gasteiger partial charge is 0.241 e. The molecule has 3 heterocycles. The molecule has 4 rings (SSSR count). The number of benzene rings is 1. The Bertz CT molecular complexity index is 796. The molecule has 1 aromatic carbocycles. The number of hydrogen-bond acceptors (Lipinski definition) is 6. The van der Waals surface area contributed by atoms with E-state index in [9.17, 15) is 0 Å². The number of piperazine rings is 1. The van der Waals surface area contributed by atoms with E-state index in [4.69, 9.17) is 4.52 Å². The Balaban J connectivity index is 1.53. The van der Waals surface area contributed by atoms with Gasteiger partial charge in [0, 0.05) is 44.6 Å². The number of aromatic nitrogens is 4. The van der Waals surface area contributed by atoms with E-state index in [1.165, 1.54) is 0 Å². The van der Waals surface area contributed by atoms with E-state index in [0.717, 1.165) is 31.0 Å². The van der Waals surface area contributed by atoms with Crippen LogP contribution in [-0.2, 0) is 13.6 Å². The van der Waals surface area contributed by atoms with Crippen LogP contribution < -0.4 is 5.32 Å². The molecular weight excluding hydrogens is 304 g/mol. The Morgan fingerprint density at radius 3 is 2.96 bits per heavy atom. The van der Waals surface area contributed by atoms with Gasteiger partial charge in [-0.15, -0.1) is 0 Å². The normalized spacial score (nSPS) is 18.8. The van der Waals surface area contributed by atoms with Crippen molar-refractivity contribution in [2.45, 2.75) is 12.6 Å². The fraction of sp³-hybridized carbons (Fsp3) is 0.353. The van der Waals surface area contributed by atoms with Crippen molar-refractivity contribution in [1.82, 2.24) is 29.9 Å². The summed E-state index contributed by atoms with van der Waals surface area (Å²) in [6, 6.07) is 10.1. The topological polar surface area (TPSA) is 72.0 Å². The molecule has 24 heavy (non-hydrogen) atoms. The van der Waals surface area contributed by atoms with Crippen LogP contribution in [0, 0.1) is 0 Å². The molecule has 2 aromatic heterocycles. The lowest BCUT2D eigenvalue weighted by Gasteiger charge is -2.34. The highest BCUT2D eigenvalue weighted by molar-refractivity contribution is 5.53. The van der Waals surface area contributed by atoms with Crippen LogP contribution >= 0.6 is 0 Å². The number of imidazole rings is 1. The molecule has 1 saturated heterocycles. The summed E-state index contributed by atoms with van der Waals surface area (Å²) in [5.74, 6) is 2.31. The van der Waals surface area contributed by atoms with Crippen LogP contribution in [0.5, 0.6) is 0 Å². The predicted molar refractivity (Wildman–Crippen MR) is 89.0 cm³/mol. The first-order valence-electron chi connectivity index (χ1n) is 8.11. The van der Waals surface area contributed by atoms with Gasteiger partial charge in [-0.3, -0.25) is 4.90 Å². The molecule has 1 fully saturated rings. The summed E-state index contributed by atoms with van der Waals surface area (Å²) in [5, 5.41) is 7.54. The Kier molecular flexibility index (Phi) is 4.10. The zero-order valence-electron chi connectivity index (χ0n) is 13.6. The maximum Gasteiger partial charge on any atom is 0.241 e. The van der Waals surface area contributed by atoms with Crippen molar-refractivity contribution < 1.29 is 4.52 Å². The van der Waals surface area contributed by atoms with Crippen molar-refractivity contribution in [3.05, 3.63) is 54.4 Å². The summed E-state index contributed by atoms with van der Waals surface area (Å²) in [6.45, 7) is 3.35. The molecular formula is C17H20N6O. The third kappa shape index (κ3) is 2.95. The highest BCUT2D eigenvalue weighted by Crippen LogP contribution is 2.23. The minimum Gasteiger partial charge on any atom is -0.338 e. The lowest BCUT2D eigenvalue weighted by Crippen LogP contribution is -2.46. The van der Waals surface area contributed by atoms with Crippen molar-refractivity contribution in [2.24, 2.45) is 7.05 Å². The van der Waals surface area contributed by atoms with Crippen molar-refractivity contribution >= 4 is 0 Å². The van der Waals surface area contributed by atoms with Gasteiger partial charge < -0.3 is 14.4 Å². The zero-order chi connectivity index (χ0) is 16.4. The summed E-state index contributed by atoms with van der Waals surface area (Å²) in [4.78, 5) is 11.4. The molecule has 1 atom stereocenters. The number of nitrogens with zero attached hydrogens (tertiary/aromatic N) is 5. The van der Waals surface area contributed by atoms with Gasteiger partial charge >= 0.3 is 0 Å². The minimum atomic E-state index is 0.200. The predicted octanol–water partition coefficient (Wildman–Crippen LogP) is 1.62. The van der Waals surface area contributed by atoms with E-state index in [1.54, 1.807) is 0 Å². The van der Waals surface area contributed by atoms with Crippen molar-refractivity contribution in [3.63, 3.8) is 0 Å². The molecule has 0 amide bonds. The maximum atomic E-state index is 5.47. The largest absolute Gasteiger partial charge is 0.338 e. The van der Waals surface area contributed by atoms with Crippen LogP contribution in [0.1, 0.15) is 17.8 Å². The fourth-order valence-corrected chi connectivity index (χ4v) is 3.09. The average Bonchev–Trinajstić information content (AvgIpc) is 3.25. The van der Waals surface area contributed by atoms with Gasteiger partial charge in [-0.1, -0.05) is 35.5 Å². The molecule has 0 bridgehead atoms. The standard InChI is InChI=1S/C17H20N6O/c1-22-9-8-19-17(22)14-11-18-7-10-23(14)12-15-20-16(21-24-15)13-5-3-2-4-6-13/h2-6,8-9,14,18H,7,10-12H2,1H3. The second-order valence-electron chi connectivity index (χ2n) is 5.96. The third-order valence-corrected chi connectivity index (χ3v) is 4.35. The SMILES string of the molecule is Cn1ccnc1C1CNCCN1Cc1nc(-c2ccccc2)no1. The lowest BCUT2D eigenvalue weighted by atomic mass is 10.1. The van der Waals surface area contributed by atoms with Crippen LogP contribution in [0.25, 0.3) is 11.4 Å². The van der Waals surface area contributed by atoms with Gasteiger partial charge in [0.05, 0.1) is 12.6 Å². The van der Waals surface area contributed by atoms with Crippen LogP contribution in [0.4, 0.5) is 0 Å². The average molecular weight is 324 g/mol. The summed E-state index contributed by atoms with van der Waals surface area (Å²) in [6.07, 6.45) is 3.81. The van der Waals surface area contributed by atoms with Crippen molar-refractivity contribution in [2.75, 3.05) is 19.6 Å². The van der Waals surface area contributed by atoms with Crippen LogP contribution in [-0.4, -0.2) is 44.2 Å². The zero-order valence-corrected chi connectivity index (χ0v) is 13.6. The highest BCUT2D eigenvalue weighted by atomic mass is 16.5. The van der Waals surface area contributed by atoms with Gasteiger partial charge in [0.1, 0.15) is 5.82 Å². The van der Waals surface area contributed by atoms with Crippen molar-refractivity contribution in [3.8, 4) is 11.4 Å². The molecule has 0 radical (unpaired) electrons. The molecule has 0 saturated carbocycles. The maximum absolute atomic E-state index is 5.47. The second-order valence-corrected chi connectivity index (χ2v) is 5.96. The Hall–Kier alpha value is -2.51. The summed E-state index contributed by atoms with van der Waals surface area (Å²) in [7, 11) is 2.02. The quantitative estimate of drug-likeness (QED) is 0.786. The monoisotopic (exact) mass is 324 g/mol. The number of aryl methyl sites for hydroxylation is 1. The molecule has 7 heteroatoms. The van der Waals surface area contributed by atoms with Crippen LogP contribution in [0.15, 0.2) is 47.2 Å². The van der Waals surface area contributed by atoms with E-state index < -0.39 is 0 Å². The number of rotatable bonds is 4. The van der Waals surface area contributed by atoms with E-state index in [2.05, 4.69) is 29.9 Å². The van der Waals surface area contributed by atoms with E-state index in [-0.39, 0.29) is 6.04 Å². The van der Waals surface area contributed by atoms with E-state index >= 15 is 0 Å². The van der Waals surface area contributed by atoms with Gasteiger partial charge in [0.25, 0.3) is 0 Å². The molecule has 7 nitrogen and oxygen atoms in total. The molecule has 0 aliphatic carbocycles. The molecule has 1 unspecified atom stereocenters. The van der Waals surface area contributed by atoms with E-state index in [1.807, 2.05) is 49.8 Å². The lowest BCUT2D eigenvalue weighted by molar-refractivity contribution is 0.128. The van der Waals surface area contributed by atoms with Crippen LogP contribution in [0.3, 0.4) is 0 Å². The minimum absolute atomic E-state index is 0.200. The van der Waals surface area contributed by atoms with Gasteiger partial charge in [0.2, 0.25) is 11.7 Å². The van der Waals surface area contributed by atoms with Crippen LogP contribution in [0.2, 0.25) is 0 Å². The Morgan fingerprint density at radius 1 is 1.29 bits per heavy atom. The van der Waals surface area contributed by atoms with Gasteiger partial charge in [-0.2, -0.15) is 4.98 Å². The molecule has 3 aromatic rings. The summed E-state index contributed by atoms with van der Waals surface area (Å²) in [5.41, 5.74) is 0.966. The van der Waals surface area contributed by atoms with Crippen molar-refractivity contribution in [1.29, 1.82) is 0 Å². The first kappa shape index (κ1) is 15.0. The van der Waals surface area contributed by atoms with Gasteiger partial charge in [-0.05, 0) is 0 Å². The summed E-state index contributed by atoms with van der Waals surface area (Å²) < 4.78 is 7.53. The molecule has 124 valence electrons. The number of nitrogens with one attached hydrogen (secondary N) is 1. The second kappa shape index (κ2) is 6.54. The first-order valence-corrected chi connectivity index (χ1v) is 8.11. The molecule has 1 aliphatic rings. The molecule has 0 spiro atoms. The molecule has 1 aliphatic heterocycles. The Morgan fingerprint density at radius 2 is 2.17 bits per heavy atom. The third-order valence-electron chi connectivity index (χ3n) is 4.35. The summed E-state index contributed by atoms with van der Waals surface area (Å²) >= 11 is 0.